The number of allylic oxidation sites excluding steroid dienone is 2. The van der Waals surface area contributed by atoms with Gasteiger partial charge in [0.25, 0.3) is 8.32 Å². The summed E-state index contributed by atoms with van der Waals surface area (Å²) >= 11 is 4.04. The monoisotopic (exact) mass is 580 g/mol. The van der Waals surface area contributed by atoms with E-state index in [1.807, 2.05) is 0 Å². The van der Waals surface area contributed by atoms with Crippen molar-refractivity contribution in [3.05, 3.63) is 82.9 Å². The normalized spacial score (nSPS) is 27.2. The maximum absolute atomic E-state index is 12.1. The number of hydrogen-bond acceptors (Lipinski definition) is 4. The van der Waals surface area contributed by atoms with Crippen molar-refractivity contribution < 1.29 is 18.7 Å². The summed E-state index contributed by atoms with van der Waals surface area (Å²) in [6.45, 7) is 6.92. The predicted octanol–water partition coefficient (Wildman–Crippen LogP) is 5.90. The molecule has 1 aliphatic carbocycles. The van der Waals surface area contributed by atoms with Crippen LogP contribution < -0.4 is 10.4 Å². The largest absolute Gasteiger partial charge is 0.469 e. The molecule has 37 heavy (non-hydrogen) atoms. The van der Waals surface area contributed by atoms with Crippen LogP contribution in [0.3, 0.4) is 0 Å². The zero-order chi connectivity index (χ0) is 26.2. The fourth-order valence-corrected chi connectivity index (χ4v) is 12.3. The molecule has 6 heteroatoms. The van der Waals surface area contributed by atoms with E-state index in [0.29, 0.717) is 24.7 Å². The van der Waals surface area contributed by atoms with Gasteiger partial charge >= 0.3 is 5.97 Å². The third kappa shape index (κ3) is 4.71. The molecular weight excluding hydrogens is 544 g/mol. The Labute approximate surface area is 230 Å². The van der Waals surface area contributed by atoms with Crippen LogP contribution in [0.25, 0.3) is 0 Å². The molecule has 2 aromatic carbocycles. The molecule has 0 amide bonds. The van der Waals surface area contributed by atoms with Crippen LogP contribution >= 0.6 is 15.9 Å². The number of benzene rings is 2. The molecule has 2 aliphatic heterocycles. The quantitative estimate of drug-likeness (QED) is 0.232. The Morgan fingerprint density at radius 3 is 2.08 bits per heavy atom. The molecule has 2 aromatic rings. The van der Waals surface area contributed by atoms with Gasteiger partial charge in [-0.05, 0) is 52.1 Å². The van der Waals surface area contributed by atoms with Crippen molar-refractivity contribution in [1.82, 2.24) is 0 Å². The number of carbonyl (C=O) groups is 1. The molecule has 2 unspecified atom stereocenters. The van der Waals surface area contributed by atoms with Gasteiger partial charge in [0.1, 0.15) is 6.10 Å². The molecule has 1 fully saturated rings. The summed E-state index contributed by atoms with van der Waals surface area (Å²) < 4.78 is 20.5. The lowest BCUT2D eigenvalue weighted by Gasteiger charge is -2.47. The fourth-order valence-electron chi connectivity index (χ4n) is 6.65. The Morgan fingerprint density at radius 2 is 1.54 bits per heavy atom. The molecule has 0 radical (unpaired) electrons. The minimum Gasteiger partial charge on any atom is -0.469 e. The smallest absolute Gasteiger partial charge is 0.305 e. The van der Waals surface area contributed by atoms with Crippen LogP contribution in [0.15, 0.2) is 82.9 Å². The molecule has 3 aliphatic rings. The van der Waals surface area contributed by atoms with Crippen LogP contribution in [0.4, 0.5) is 0 Å². The summed E-state index contributed by atoms with van der Waals surface area (Å²) in [6.07, 6.45) is 7.27. The zero-order valence-electron chi connectivity index (χ0n) is 22.2. The fraction of sp³-hybridized carbons (Fsp3) is 0.452. The Kier molecular flexibility index (Phi) is 7.65. The van der Waals surface area contributed by atoms with E-state index in [4.69, 9.17) is 13.9 Å². The molecule has 196 valence electrons. The first-order chi connectivity index (χ1) is 17.8. The number of ether oxygens (including phenoxy) is 2. The first kappa shape index (κ1) is 26.6. The van der Waals surface area contributed by atoms with E-state index in [0.717, 1.165) is 22.9 Å². The van der Waals surface area contributed by atoms with Crippen LogP contribution in [-0.2, 0) is 18.7 Å². The SMILES string of the molecule is COC(=O)CCC1=C(Br)[C@@H](O[Si](c2ccccc2)(c2ccccc2)C(C)(C)C)[C@H]2O[C@@H]1C1CC=CCC12. The highest BCUT2D eigenvalue weighted by molar-refractivity contribution is 9.11. The highest BCUT2D eigenvalue weighted by Crippen LogP contribution is 2.53. The lowest BCUT2D eigenvalue weighted by molar-refractivity contribution is -0.140. The predicted molar refractivity (Wildman–Crippen MR) is 154 cm³/mol. The number of rotatable bonds is 7. The van der Waals surface area contributed by atoms with Crippen molar-refractivity contribution in [3.63, 3.8) is 0 Å². The Balaban J connectivity index is 1.65. The van der Waals surface area contributed by atoms with E-state index >= 15 is 0 Å². The lowest BCUT2D eigenvalue weighted by Crippen LogP contribution is -2.68. The van der Waals surface area contributed by atoms with Crippen LogP contribution in [-0.4, -0.2) is 39.7 Å². The van der Waals surface area contributed by atoms with Gasteiger partial charge < -0.3 is 13.9 Å². The molecule has 5 rings (SSSR count). The number of hydrogen-bond donors (Lipinski definition) is 0. The molecule has 2 bridgehead atoms. The summed E-state index contributed by atoms with van der Waals surface area (Å²) in [5.41, 5.74) is 1.16. The van der Waals surface area contributed by atoms with Crippen molar-refractivity contribution >= 4 is 40.6 Å². The van der Waals surface area contributed by atoms with Gasteiger partial charge in [0.15, 0.2) is 0 Å². The van der Waals surface area contributed by atoms with Crippen molar-refractivity contribution in [2.45, 2.75) is 69.8 Å². The summed E-state index contributed by atoms with van der Waals surface area (Å²) in [5, 5.41) is 2.37. The van der Waals surface area contributed by atoms with E-state index in [1.54, 1.807) is 0 Å². The second-order valence-corrected chi connectivity index (χ2v) is 16.5. The molecule has 0 spiro atoms. The minimum absolute atomic E-state index is 0.0120. The van der Waals surface area contributed by atoms with Gasteiger partial charge in [-0.15, -0.1) is 0 Å². The summed E-state index contributed by atoms with van der Waals surface area (Å²) in [4.78, 5) is 12.1. The molecular formula is C31H37BrO4Si. The highest BCUT2D eigenvalue weighted by Gasteiger charge is 2.58. The van der Waals surface area contributed by atoms with Gasteiger partial charge in [0.05, 0.1) is 19.3 Å². The molecule has 0 N–H and O–H groups in total. The zero-order valence-corrected chi connectivity index (χ0v) is 24.7. The highest BCUT2D eigenvalue weighted by atomic mass is 79.9. The average molecular weight is 582 g/mol. The van der Waals surface area contributed by atoms with Gasteiger partial charge in [-0.25, -0.2) is 0 Å². The van der Waals surface area contributed by atoms with Gasteiger partial charge in [-0.3, -0.25) is 4.79 Å². The van der Waals surface area contributed by atoms with E-state index in [-0.39, 0.29) is 29.3 Å². The van der Waals surface area contributed by atoms with Crippen molar-refractivity contribution in [1.29, 1.82) is 0 Å². The van der Waals surface area contributed by atoms with E-state index in [2.05, 4.69) is 110 Å². The van der Waals surface area contributed by atoms with Crippen LogP contribution in [0.5, 0.6) is 0 Å². The summed E-state index contributed by atoms with van der Waals surface area (Å²) in [5.74, 6) is 0.599. The van der Waals surface area contributed by atoms with Crippen molar-refractivity contribution in [2.24, 2.45) is 11.8 Å². The first-order valence-corrected chi connectivity index (χ1v) is 16.0. The van der Waals surface area contributed by atoms with Gasteiger partial charge in [0.2, 0.25) is 0 Å². The molecule has 4 nitrogen and oxygen atoms in total. The van der Waals surface area contributed by atoms with Crippen LogP contribution in [0, 0.1) is 11.8 Å². The van der Waals surface area contributed by atoms with Crippen molar-refractivity contribution in [3.8, 4) is 0 Å². The summed E-state index contributed by atoms with van der Waals surface area (Å²) in [7, 11) is -1.36. The molecule has 0 aromatic heterocycles. The number of carbonyl (C=O) groups excluding carboxylic acids is 1. The summed E-state index contributed by atoms with van der Waals surface area (Å²) in [6, 6.07) is 21.5. The van der Waals surface area contributed by atoms with Crippen molar-refractivity contribution in [2.75, 3.05) is 7.11 Å². The molecule has 1 saturated heterocycles. The lowest BCUT2D eigenvalue weighted by atomic mass is 9.78. The van der Waals surface area contributed by atoms with E-state index in [9.17, 15) is 4.79 Å². The topological polar surface area (TPSA) is 44.8 Å². The second-order valence-electron chi connectivity index (χ2n) is 11.4. The first-order valence-electron chi connectivity index (χ1n) is 13.3. The van der Waals surface area contributed by atoms with Gasteiger partial charge in [0, 0.05) is 10.9 Å². The molecule has 5 atom stereocenters. The number of methoxy groups -OCH3 is 1. The third-order valence-electron chi connectivity index (χ3n) is 8.39. The number of fused-ring (bicyclic) bond motifs is 5. The second kappa shape index (κ2) is 10.6. The maximum atomic E-state index is 12.1. The third-order valence-corrected chi connectivity index (χ3v) is 14.4. The molecule has 2 heterocycles. The van der Waals surface area contributed by atoms with Crippen LogP contribution in [0.1, 0.15) is 46.5 Å². The molecule has 0 saturated carbocycles. The number of halogens is 1. The number of esters is 1. The van der Waals surface area contributed by atoms with E-state index in [1.165, 1.54) is 17.5 Å². The van der Waals surface area contributed by atoms with Gasteiger partial charge in [-0.2, -0.15) is 0 Å². The Bertz CT molecular complexity index is 1130. The Morgan fingerprint density at radius 1 is 0.973 bits per heavy atom. The Hall–Kier alpha value is -1.99. The maximum Gasteiger partial charge on any atom is 0.305 e. The minimum atomic E-state index is -2.81. The van der Waals surface area contributed by atoms with Crippen LogP contribution in [0.2, 0.25) is 5.04 Å². The van der Waals surface area contributed by atoms with E-state index < -0.39 is 8.32 Å². The van der Waals surface area contributed by atoms with Gasteiger partial charge in [-0.1, -0.05) is 110 Å². The average Bonchev–Trinajstić information content (AvgIpc) is 3.25. The standard InChI is InChI=1S/C31H37BrO4Si/c1-31(2,3)37(21-13-7-5-8-14-21,22-15-9-6-10-16-22)36-30-27(32)25(19-20-26(33)34-4)28-23-17-11-12-18-24(23)29(30)35-28/h5-16,23-24,28-30H,17-20H2,1-4H3/t23?,24?,28-,29+,30-/m1/s1.